The number of aryl methyl sites for hydroxylation is 2. The number of aromatic nitrogens is 4. The molecule has 1 atom stereocenters. The Morgan fingerprint density at radius 3 is 2.94 bits per heavy atom. The minimum absolute atomic E-state index is 0.287. The molecule has 2 N–H and O–H groups in total. The first-order chi connectivity index (χ1) is 8.81. The van der Waals surface area contributed by atoms with Crippen LogP contribution < -0.4 is 5.32 Å². The van der Waals surface area contributed by atoms with E-state index in [1.54, 1.807) is 6.20 Å². The Labute approximate surface area is 108 Å². The predicted molar refractivity (Wildman–Crippen MR) is 71.2 cm³/mol. The van der Waals surface area contributed by atoms with E-state index >= 15 is 0 Å². The number of aromatic amines is 1. The largest absolute Gasteiger partial charge is 0.347 e. The Hall–Kier alpha value is -1.62. The smallest absolute Gasteiger partial charge is 0.123 e. The molecule has 0 saturated carbocycles. The molecular weight excluding hydrogens is 226 g/mol. The molecule has 2 rings (SSSR count). The fourth-order valence-corrected chi connectivity index (χ4v) is 2.06. The highest BCUT2D eigenvalue weighted by atomic mass is 15.2. The molecule has 0 saturated heterocycles. The molecule has 5 heteroatoms. The van der Waals surface area contributed by atoms with Gasteiger partial charge in [-0.3, -0.25) is 4.68 Å². The van der Waals surface area contributed by atoms with E-state index in [-0.39, 0.29) is 6.04 Å². The normalized spacial score (nSPS) is 12.8. The van der Waals surface area contributed by atoms with E-state index in [0.29, 0.717) is 0 Å². The number of hydrogen-bond donors (Lipinski definition) is 2. The van der Waals surface area contributed by atoms with E-state index in [2.05, 4.69) is 33.4 Å². The summed E-state index contributed by atoms with van der Waals surface area (Å²) in [7, 11) is 1.98. The number of nitrogens with one attached hydrogen (secondary N) is 2. The summed E-state index contributed by atoms with van der Waals surface area (Å²) >= 11 is 0. The van der Waals surface area contributed by atoms with Crippen LogP contribution in [0.15, 0.2) is 24.7 Å². The lowest BCUT2D eigenvalue weighted by Gasteiger charge is -2.16. The van der Waals surface area contributed by atoms with Gasteiger partial charge in [0.2, 0.25) is 0 Å². The summed E-state index contributed by atoms with van der Waals surface area (Å²) in [5.74, 6) is 1.02. The summed E-state index contributed by atoms with van der Waals surface area (Å²) < 4.78 is 1.93. The highest BCUT2D eigenvalue weighted by Gasteiger charge is 2.13. The molecule has 0 radical (unpaired) electrons. The van der Waals surface area contributed by atoms with Crippen molar-refractivity contribution in [2.75, 3.05) is 6.54 Å². The third-order valence-electron chi connectivity index (χ3n) is 3.10. The molecule has 0 aliphatic heterocycles. The minimum Gasteiger partial charge on any atom is -0.347 e. The molecule has 2 aromatic rings. The van der Waals surface area contributed by atoms with Gasteiger partial charge in [-0.05, 0) is 31.9 Å². The molecule has 1 unspecified atom stereocenters. The maximum atomic E-state index is 4.35. The topological polar surface area (TPSA) is 58.5 Å². The van der Waals surface area contributed by atoms with Gasteiger partial charge in [-0.1, -0.05) is 6.92 Å². The van der Waals surface area contributed by atoms with Gasteiger partial charge in [0.05, 0.1) is 6.04 Å². The molecule has 0 bridgehead atoms. The average molecular weight is 247 g/mol. The van der Waals surface area contributed by atoms with E-state index in [9.17, 15) is 0 Å². The van der Waals surface area contributed by atoms with Crippen molar-refractivity contribution in [3.63, 3.8) is 0 Å². The first kappa shape index (κ1) is 12.8. The van der Waals surface area contributed by atoms with Crippen molar-refractivity contribution >= 4 is 0 Å². The van der Waals surface area contributed by atoms with Gasteiger partial charge in [-0.15, -0.1) is 0 Å². The van der Waals surface area contributed by atoms with Crippen LogP contribution in [0.3, 0.4) is 0 Å². The zero-order chi connectivity index (χ0) is 12.8. The summed E-state index contributed by atoms with van der Waals surface area (Å²) in [4.78, 5) is 7.55. The summed E-state index contributed by atoms with van der Waals surface area (Å²) in [5.41, 5.74) is 1.25. The summed E-state index contributed by atoms with van der Waals surface area (Å²) in [6.07, 6.45) is 8.67. The van der Waals surface area contributed by atoms with E-state index in [0.717, 1.165) is 31.6 Å². The van der Waals surface area contributed by atoms with E-state index in [1.807, 2.05) is 24.1 Å². The fourth-order valence-electron chi connectivity index (χ4n) is 2.06. The Balaban J connectivity index is 1.95. The monoisotopic (exact) mass is 247 g/mol. The Morgan fingerprint density at radius 2 is 2.33 bits per heavy atom. The van der Waals surface area contributed by atoms with E-state index in [1.165, 1.54) is 5.69 Å². The van der Waals surface area contributed by atoms with Crippen molar-refractivity contribution < 1.29 is 0 Å². The van der Waals surface area contributed by atoms with Crippen LogP contribution >= 0.6 is 0 Å². The fraction of sp³-hybridized carbons (Fsp3) is 0.538. The third-order valence-corrected chi connectivity index (χ3v) is 3.10. The highest BCUT2D eigenvalue weighted by molar-refractivity contribution is 5.03. The molecule has 0 amide bonds. The molecule has 18 heavy (non-hydrogen) atoms. The Bertz CT molecular complexity index is 446. The van der Waals surface area contributed by atoms with Crippen molar-refractivity contribution in [1.82, 2.24) is 25.1 Å². The minimum atomic E-state index is 0.287. The summed E-state index contributed by atoms with van der Waals surface area (Å²) in [6, 6.07) is 2.36. The first-order valence-electron chi connectivity index (χ1n) is 6.50. The second kappa shape index (κ2) is 6.35. The first-order valence-corrected chi connectivity index (χ1v) is 6.50. The van der Waals surface area contributed by atoms with Crippen LogP contribution in [0.5, 0.6) is 0 Å². The van der Waals surface area contributed by atoms with Crippen LogP contribution in [0.4, 0.5) is 0 Å². The molecule has 0 aromatic carbocycles. The van der Waals surface area contributed by atoms with Gasteiger partial charge < -0.3 is 10.3 Å². The van der Waals surface area contributed by atoms with Gasteiger partial charge >= 0.3 is 0 Å². The molecule has 5 nitrogen and oxygen atoms in total. The van der Waals surface area contributed by atoms with Gasteiger partial charge in [0, 0.05) is 31.3 Å². The number of rotatable bonds is 7. The van der Waals surface area contributed by atoms with Crippen LogP contribution in [0.2, 0.25) is 0 Å². The summed E-state index contributed by atoms with van der Waals surface area (Å²) in [6.45, 7) is 3.18. The maximum Gasteiger partial charge on any atom is 0.123 e. The molecule has 2 heterocycles. The Kier molecular flexibility index (Phi) is 4.52. The van der Waals surface area contributed by atoms with Crippen LogP contribution in [0.25, 0.3) is 0 Å². The standard InChI is InChI=1S/C13H21N5/c1-3-7-14-12(13-15-9-10-16-13)5-4-11-6-8-17-18(11)2/h6,8-10,12,14H,3-5,7H2,1-2H3,(H,15,16). The molecule has 98 valence electrons. The molecule has 0 aliphatic carbocycles. The Morgan fingerprint density at radius 1 is 1.44 bits per heavy atom. The zero-order valence-electron chi connectivity index (χ0n) is 11.1. The van der Waals surface area contributed by atoms with Crippen LogP contribution in [-0.2, 0) is 13.5 Å². The van der Waals surface area contributed by atoms with E-state index < -0.39 is 0 Å². The second-order valence-electron chi connectivity index (χ2n) is 4.47. The molecule has 0 aliphatic rings. The molecule has 0 fully saturated rings. The van der Waals surface area contributed by atoms with Gasteiger partial charge in [-0.2, -0.15) is 5.10 Å². The van der Waals surface area contributed by atoms with Crippen molar-refractivity contribution in [2.45, 2.75) is 32.2 Å². The van der Waals surface area contributed by atoms with Gasteiger partial charge in [0.25, 0.3) is 0 Å². The lowest BCUT2D eigenvalue weighted by molar-refractivity contribution is 0.474. The van der Waals surface area contributed by atoms with Crippen molar-refractivity contribution in [2.24, 2.45) is 7.05 Å². The van der Waals surface area contributed by atoms with Gasteiger partial charge in [0.15, 0.2) is 0 Å². The molecular formula is C13H21N5. The van der Waals surface area contributed by atoms with Crippen LogP contribution in [0.1, 0.15) is 37.3 Å². The van der Waals surface area contributed by atoms with Gasteiger partial charge in [0.1, 0.15) is 5.82 Å². The lowest BCUT2D eigenvalue weighted by Crippen LogP contribution is -2.24. The maximum absolute atomic E-state index is 4.35. The average Bonchev–Trinajstić information content (AvgIpc) is 3.01. The number of H-pyrrole nitrogens is 1. The number of imidazole rings is 1. The predicted octanol–water partition coefficient (Wildman–Crippen LogP) is 1.82. The lowest BCUT2D eigenvalue weighted by atomic mass is 10.1. The van der Waals surface area contributed by atoms with E-state index in [4.69, 9.17) is 0 Å². The molecule has 2 aromatic heterocycles. The van der Waals surface area contributed by atoms with Crippen molar-refractivity contribution in [3.05, 3.63) is 36.2 Å². The number of hydrogen-bond acceptors (Lipinski definition) is 3. The molecule has 0 spiro atoms. The van der Waals surface area contributed by atoms with Crippen LogP contribution in [-0.4, -0.2) is 26.3 Å². The second-order valence-corrected chi connectivity index (χ2v) is 4.47. The SMILES string of the molecule is CCCNC(CCc1ccnn1C)c1ncc[nH]1. The highest BCUT2D eigenvalue weighted by Crippen LogP contribution is 2.15. The quantitative estimate of drug-likeness (QED) is 0.784. The van der Waals surface area contributed by atoms with Crippen molar-refractivity contribution in [1.29, 1.82) is 0 Å². The number of nitrogens with zero attached hydrogens (tertiary/aromatic N) is 3. The van der Waals surface area contributed by atoms with Crippen LogP contribution in [0, 0.1) is 0 Å². The zero-order valence-corrected chi connectivity index (χ0v) is 11.1. The van der Waals surface area contributed by atoms with Gasteiger partial charge in [-0.25, -0.2) is 4.98 Å². The van der Waals surface area contributed by atoms with Crippen molar-refractivity contribution in [3.8, 4) is 0 Å². The summed E-state index contributed by atoms with van der Waals surface area (Å²) in [5, 5.41) is 7.72. The third kappa shape index (κ3) is 3.20.